The van der Waals surface area contributed by atoms with E-state index in [9.17, 15) is 9.90 Å². The van der Waals surface area contributed by atoms with E-state index in [-0.39, 0.29) is 11.7 Å². The molecule has 1 aromatic carbocycles. The standard InChI is InChI=1S/C14H22N2O2/c1-4-5-6-10-13(18)15-14-11(16(2)3)8-7-9-12(14)17/h7-9,17H,4-6,10H2,1-3H3,(H,15,18). The molecule has 0 spiro atoms. The first kappa shape index (κ1) is 14.4. The molecule has 0 unspecified atom stereocenters. The van der Waals surface area contributed by atoms with Gasteiger partial charge in [0.05, 0.1) is 5.69 Å². The zero-order valence-corrected chi connectivity index (χ0v) is 11.4. The second-order valence-corrected chi connectivity index (χ2v) is 4.57. The lowest BCUT2D eigenvalue weighted by Gasteiger charge is -2.18. The Morgan fingerprint density at radius 2 is 2.06 bits per heavy atom. The fourth-order valence-corrected chi connectivity index (χ4v) is 1.77. The van der Waals surface area contributed by atoms with Crippen LogP contribution in [0.15, 0.2) is 18.2 Å². The zero-order valence-electron chi connectivity index (χ0n) is 11.4. The Kier molecular flexibility index (Phi) is 5.49. The van der Waals surface area contributed by atoms with E-state index in [2.05, 4.69) is 12.2 Å². The van der Waals surface area contributed by atoms with Gasteiger partial charge in [-0.1, -0.05) is 25.8 Å². The molecule has 100 valence electrons. The van der Waals surface area contributed by atoms with Crippen molar-refractivity contribution in [2.75, 3.05) is 24.3 Å². The summed E-state index contributed by atoms with van der Waals surface area (Å²) in [6, 6.07) is 5.20. The van der Waals surface area contributed by atoms with E-state index < -0.39 is 0 Å². The van der Waals surface area contributed by atoms with E-state index in [4.69, 9.17) is 0 Å². The predicted octanol–water partition coefficient (Wildman–Crippen LogP) is 2.98. The van der Waals surface area contributed by atoms with E-state index in [1.807, 2.05) is 25.1 Å². The molecule has 1 amide bonds. The lowest BCUT2D eigenvalue weighted by atomic mass is 10.2. The molecule has 0 aromatic heterocycles. The first-order valence-corrected chi connectivity index (χ1v) is 6.35. The normalized spacial score (nSPS) is 10.2. The number of hydrogen-bond donors (Lipinski definition) is 2. The van der Waals surface area contributed by atoms with Crippen molar-refractivity contribution in [3.8, 4) is 5.75 Å². The molecule has 0 fully saturated rings. The van der Waals surface area contributed by atoms with Gasteiger partial charge in [0.1, 0.15) is 11.4 Å². The summed E-state index contributed by atoms with van der Waals surface area (Å²) in [6.07, 6.45) is 3.52. The fraction of sp³-hybridized carbons (Fsp3) is 0.500. The summed E-state index contributed by atoms with van der Waals surface area (Å²) in [4.78, 5) is 13.6. The van der Waals surface area contributed by atoms with Gasteiger partial charge in [0.15, 0.2) is 0 Å². The van der Waals surface area contributed by atoms with Crippen LogP contribution in [0.3, 0.4) is 0 Å². The van der Waals surface area contributed by atoms with Gasteiger partial charge in [-0.2, -0.15) is 0 Å². The van der Waals surface area contributed by atoms with Crippen LogP contribution in [0.4, 0.5) is 11.4 Å². The van der Waals surface area contributed by atoms with E-state index in [0.717, 1.165) is 24.9 Å². The van der Waals surface area contributed by atoms with Gasteiger partial charge in [0.25, 0.3) is 0 Å². The van der Waals surface area contributed by atoms with Crippen LogP contribution in [0, 0.1) is 0 Å². The summed E-state index contributed by atoms with van der Waals surface area (Å²) in [6.45, 7) is 2.10. The first-order chi connectivity index (χ1) is 8.56. The number of phenolic OH excluding ortho intramolecular Hbond substituents is 1. The Hall–Kier alpha value is -1.71. The molecule has 0 aliphatic rings. The summed E-state index contributed by atoms with van der Waals surface area (Å²) in [7, 11) is 3.75. The number of carbonyl (C=O) groups is 1. The number of rotatable bonds is 6. The number of nitrogens with zero attached hydrogens (tertiary/aromatic N) is 1. The highest BCUT2D eigenvalue weighted by atomic mass is 16.3. The maximum Gasteiger partial charge on any atom is 0.224 e. The molecule has 0 saturated heterocycles. The van der Waals surface area contributed by atoms with Crippen LogP contribution in [-0.4, -0.2) is 25.1 Å². The van der Waals surface area contributed by atoms with Crippen molar-refractivity contribution in [2.24, 2.45) is 0 Å². The van der Waals surface area contributed by atoms with E-state index >= 15 is 0 Å². The molecule has 0 bridgehead atoms. The van der Waals surface area contributed by atoms with Crippen molar-refractivity contribution in [1.29, 1.82) is 0 Å². The van der Waals surface area contributed by atoms with E-state index in [0.29, 0.717) is 12.1 Å². The highest BCUT2D eigenvalue weighted by Crippen LogP contribution is 2.33. The van der Waals surface area contributed by atoms with Crippen LogP contribution < -0.4 is 10.2 Å². The largest absolute Gasteiger partial charge is 0.506 e. The van der Waals surface area contributed by atoms with Gasteiger partial charge >= 0.3 is 0 Å². The Morgan fingerprint density at radius 3 is 2.67 bits per heavy atom. The van der Waals surface area contributed by atoms with Crippen molar-refractivity contribution in [3.63, 3.8) is 0 Å². The predicted molar refractivity (Wildman–Crippen MR) is 75.2 cm³/mol. The maximum absolute atomic E-state index is 11.8. The second-order valence-electron chi connectivity index (χ2n) is 4.57. The van der Waals surface area contributed by atoms with Crippen molar-refractivity contribution >= 4 is 17.3 Å². The average molecular weight is 250 g/mol. The van der Waals surface area contributed by atoms with Crippen LogP contribution in [0.5, 0.6) is 5.75 Å². The molecule has 1 rings (SSSR count). The zero-order chi connectivity index (χ0) is 13.5. The summed E-state index contributed by atoms with van der Waals surface area (Å²) in [5.74, 6) is 0.0538. The number of nitrogens with one attached hydrogen (secondary N) is 1. The van der Waals surface area contributed by atoms with Crippen molar-refractivity contribution in [2.45, 2.75) is 32.6 Å². The molecule has 0 saturated carbocycles. The smallest absolute Gasteiger partial charge is 0.224 e. The van der Waals surface area contributed by atoms with Crippen molar-refractivity contribution in [3.05, 3.63) is 18.2 Å². The van der Waals surface area contributed by atoms with Gasteiger partial charge in [-0.15, -0.1) is 0 Å². The minimum absolute atomic E-state index is 0.0481. The third-order valence-electron chi connectivity index (χ3n) is 2.77. The third-order valence-corrected chi connectivity index (χ3v) is 2.77. The molecule has 1 aromatic rings. The minimum atomic E-state index is -0.0481. The summed E-state index contributed by atoms with van der Waals surface area (Å²) in [5.41, 5.74) is 1.29. The molecule has 4 heteroatoms. The van der Waals surface area contributed by atoms with Gasteiger partial charge in [0, 0.05) is 20.5 Å². The minimum Gasteiger partial charge on any atom is -0.506 e. The molecule has 2 N–H and O–H groups in total. The number of phenols is 1. The molecular formula is C14H22N2O2. The number of para-hydroxylation sites is 1. The van der Waals surface area contributed by atoms with Crippen LogP contribution in [-0.2, 0) is 4.79 Å². The lowest BCUT2D eigenvalue weighted by Crippen LogP contribution is -2.16. The van der Waals surface area contributed by atoms with Gasteiger partial charge < -0.3 is 15.3 Å². The maximum atomic E-state index is 11.8. The number of benzene rings is 1. The lowest BCUT2D eigenvalue weighted by molar-refractivity contribution is -0.116. The third kappa shape index (κ3) is 3.95. The Morgan fingerprint density at radius 1 is 1.33 bits per heavy atom. The van der Waals surface area contributed by atoms with Crippen LogP contribution in [0.2, 0.25) is 0 Å². The molecule has 4 nitrogen and oxygen atoms in total. The summed E-state index contributed by atoms with van der Waals surface area (Å²) < 4.78 is 0. The average Bonchev–Trinajstić information content (AvgIpc) is 2.31. The fourth-order valence-electron chi connectivity index (χ4n) is 1.77. The Labute approximate surface area is 109 Å². The van der Waals surface area contributed by atoms with Gasteiger partial charge in [0.2, 0.25) is 5.91 Å². The number of aromatic hydroxyl groups is 1. The second kappa shape index (κ2) is 6.89. The quantitative estimate of drug-likeness (QED) is 0.603. The monoisotopic (exact) mass is 250 g/mol. The first-order valence-electron chi connectivity index (χ1n) is 6.35. The van der Waals surface area contributed by atoms with E-state index in [1.165, 1.54) is 0 Å². The van der Waals surface area contributed by atoms with Gasteiger partial charge in [-0.05, 0) is 18.6 Å². The molecule has 0 heterocycles. The summed E-state index contributed by atoms with van der Waals surface area (Å²) >= 11 is 0. The summed E-state index contributed by atoms with van der Waals surface area (Å²) in [5, 5.41) is 12.6. The number of carbonyl (C=O) groups excluding carboxylic acids is 1. The van der Waals surface area contributed by atoms with Crippen molar-refractivity contribution < 1.29 is 9.90 Å². The highest BCUT2D eigenvalue weighted by molar-refractivity contribution is 5.96. The van der Waals surface area contributed by atoms with E-state index in [1.54, 1.807) is 12.1 Å². The van der Waals surface area contributed by atoms with Crippen molar-refractivity contribution in [1.82, 2.24) is 0 Å². The Balaban J connectivity index is 2.74. The molecule has 0 aliphatic carbocycles. The highest BCUT2D eigenvalue weighted by Gasteiger charge is 2.12. The van der Waals surface area contributed by atoms with Crippen LogP contribution in [0.1, 0.15) is 32.6 Å². The SMILES string of the molecule is CCCCCC(=O)Nc1c(O)cccc1N(C)C. The number of unbranched alkanes of at least 4 members (excludes halogenated alkanes) is 2. The molecular weight excluding hydrogens is 228 g/mol. The van der Waals surface area contributed by atoms with Gasteiger partial charge in [-0.3, -0.25) is 4.79 Å². The molecule has 0 atom stereocenters. The van der Waals surface area contributed by atoms with Crippen LogP contribution >= 0.6 is 0 Å². The number of hydrogen-bond acceptors (Lipinski definition) is 3. The number of anilines is 2. The molecule has 0 radical (unpaired) electrons. The molecule has 18 heavy (non-hydrogen) atoms. The van der Waals surface area contributed by atoms with Crippen LogP contribution in [0.25, 0.3) is 0 Å². The number of amides is 1. The van der Waals surface area contributed by atoms with Gasteiger partial charge in [-0.25, -0.2) is 0 Å². The Bertz CT molecular complexity index is 403. The topological polar surface area (TPSA) is 52.6 Å². The molecule has 0 aliphatic heterocycles.